The Hall–Kier alpha value is -2.19. The summed E-state index contributed by atoms with van der Waals surface area (Å²) in [7, 11) is 0. The summed E-state index contributed by atoms with van der Waals surface area (Å²) >= 11 is 0. The number of aliphatic hydroxyl groups is 1. The molecule has 32 heavy (non-hydrogen) atoms. The minimum absolute atomic E-state index is 0.0833. The average molecular weight is 446 g/mol. The van der Waals surface area contributed by atoms with Gasteiger partial charge in [0.1, 0.15) is 11.6 Å². The van der Waals surface area contributed by atoms with Crippen molar-refractivity contribution in [1.82, 2.24) is 14.7 Å². The first-order chi connectivity index (χ1) is 15.2. The van der Waals surface area contributed by atoms with Gasteiger partial charge in [-0.1, -0.05) is 31.2 Å². The van der Waals surface area contributed by atoms with E-state index in [1.54, 1.807) is 14.7 Å². The molecule has 2 saturated heterocycles. The molecule has 4 aliphatic heterocycles. The van der Waals surface area contributed by atoms with Gasteiger partial charge in [-0.25, -0.2) is 0 Å². The van der Waals surface area contributed by atoms with Gasteiger partial charge < -0.3 is 24.5 Å². The smallest absolute Gasteiger partial charge is 0.249 e. The molecule has 0 aromatic rings. The Balaban J connectivity index is 1.81. The zero-order valence-corrected chi connectivity index (χ0v) is 19.5. The van der Waals surface area contributed by atoms with Crippen LogP contribution in [0.1, 0.15) is 40.5 Å². The van der Waals surface area contributed by atoms with E-state index in [1.807, 2.05) is 52.0 Å². The van der Waals surface area contributed by atoms with Crippen LogP contribution in [0, 0.1) is 11.8 Å². The summed E-state index contributed by atoms with van der Waals surface area (Å²) in [4.78, 5) is 46.4. The summed E-state index contributed by atoms with van der Waals surface area (Å²) in [5, 5.41) is 9.42. The number of fused-ring (bicyclic) bond motifs is 2. The Labute approximate surface area is 189 Å². The third-order valence-electron chi connectivity index (χ3n) is 7.10. The van der Waals surface area contributed by atoms with Crippen LogP contribution in [0.3, 0.4) is 0 Å². The summed E-state index contributed by atoms with van der Waals surface area (Å²) in [6.45, 7) is 9.63. The number of hydrogen-bond acceptors (Lipinski definition) is 5. The molecule has 1 N–H and O–H groups in total. The van der Waals surface area contributed by atoms with E-state index in [4.69, 9.17) is 4.74 Å². The molecule has 0 radical (unpaired) electrons. The molecule has 4 rings (SSSR count). The van der Waals surface area contributed by atoms with Crippen molar-refractivity contribution < 1.29 is 24.2 Å². The van der Waals surface area contributed by atoms with Gasteiger partial charge in [-0.05, 0) is 33.6 Å². The van der Waals surface area contributed by atoms with Crippen LogP contribution in [0.5, 0.6) is 0 Å². The molecule has 0 bridgehead atoms. The second-order valence-electron chi connectivity index (χ2n) is 10.2. The number of amides is 3. The van der Waals surface area contributed by atoms with Crippen molar-refractivity contribution in [3.05, 3.63) is 24.3 Å². The SMILES string of the molecule is CCCN1CC=C[C@@H]2O[C@]34C=CCN(C(C)(C)C)C(=O)C3N(CCCO)C(=O)[C@@H]4[C@@H]2C1=O. The lowest BCUT2D eigenvalue weighted by Crippen LogP contribution is -2.58. The van der Waals surface area contributed by atoms with Crippen molar-refractivity contribution in [2.24, 2.45) is 11.8 Å². The van der Waals surface area contributed by atoms with E-state index >= 15 is 0 Å². The molecule has 0 saturated carbocycles. The van der Waals surface area contributed by atoms with Gasteiger partial charge in [0.15, 0.2) is 0 Å². The number of aliphatic hydroxyl groups excluding tert-OH is 1. The minimum Gasteiger partial charge on any atom is -0.396 e. The molecular weight excluding hydrogens is 410 g/mol. The lowest BCUT2D eigenvalue weighted by atomic mass is 9.77. The number of carbonyl (C=O) groups excluding carboxylic acids is 3. The number of nitrogens with zero attached hydrogens (tertiary/aromatic N) is 3. The maximum absolute atomic E-state index is 13.9. The van der Waals surface area contributed by atoms with Gasteiger partial charge in [0.2, 0.25) is 17.7 Å². The third kappa shape index (κ3) is 3.39. The Kier molecular flexibility index (Phi) is 5.96. The molecule has 3 amide bonds. The Morgan fingerprint density at radius 3 is 2.50 bits per heavy atom. The number of carbonyl (C=O) groups is 3. The molecule has 4 heterocycles. The number of hydrogen-bond donors (Lipinski definition) is 1. The van der Waals surface area contributed by atoms with E-state index in [0.29, 0.717) is 26.1 Å². The van der Waals surface area contributed by atoms with Crippen LogP contribution in [0.4, 0.5) is 0 Å². The van der Waals surface area contributed by atoms with Crippen molar-refractivity contribution >= 4 is 17.7 Å². The lowest BCUT2D eigenvalue weighted by molar-refractivity contribution is -0.151. The monoisotopic (exact) mass is 445 g/mol. The van der Waals surface area contributed by atoms with E-state index in [9.17, 15) is 19.5 Å². The molecule has 0 aliphatic carbocycles. The van der Waals surface area contributed by atoms with Crippen molar-refractivity contribution in [3.8, 4) is 0 Å². The van der Waals surface area contributed by atoms with Crippen LogP contribution in [-0.2, 0) is 19.1 Å². The molecule has 1 spiro atoms. The summed E-state index contributed by atoms with van der Waals surface area (Å²) in [6.07, 6.45) is 8.23. The van der Waals surface area contributed by atoms with E-state index in [0.717, 1.165) is 6.42 Å². The van der Waals surface area contributed by atoms with Crippen LogP contribution < -0.4 is 0 Å². The highest BCUT2D eigenvalue weighted by Crippen LogP contribution is 2.53. The van der Waals surface area contributed by atoms with Crippen LogP contribution in [0.25, 0.3) is 0 Å². The standard InChI is InChI=1S/C24H35N3O5/c1-5-11-25-12-6-9-16-17(20(25)29)18-21(30)26(13-8-15-28)19-22(31)27(23(2,3)4)14-7-10-24(18,19)32-16/h6-7,9-10,16-19,28H,5,8,11-15H2,1-4H3/t16-,17+,18-,19?,24-/m0/s1. The van der Waals surface area contributed by atoms with Crippen molar-refractivity contribution in [1.29, 1.82) is 0 Å². The molecule has 1 unspecified atom stereocenters. The quantitative estimate of drug-likeness (QED) is 0.637. The van der Waals surface area contributed by atoms with Crippen molar-refractivity contribution in [2.45, 2.75) is 63.8 Å². The Morgan fingerprint density at radius 1 is 1.09 bits per heavy atom. The molecule has 8 heteroatoms. The molecular formula is C24H35N3O5. The van der Waals surface area contributed by atoms with Gasteiger partial charge in [0.25, 0.3) is 0 Å². The van der Waals surface area contributed by atoms with Crippen LogP contribution >= 0.6 is 0 Å². The zero-order valence-electron chi connectivity index (χ0n) is 19.5. The van der Waals surface area contributed by atoms with E-state index in [1.165, 1.54) is 0 Å². The van der Waals surface area contributed by atoms with E-state index in [2.05, 4.69) is 0 Å². The van der Waals surface area contributed by atoms with Gasteiger partial charge in [-0.15, -0.1) is 0 Å². The fourth-order valence-corrected chi connectivity index (χ4v) is 5.74. The molecule has 5 atom stereocenters. The number of likely N-dealkylation sites (tertiary alicyclic amines) is 1. The summed E-state index contributed by atoms with van der Waals surface area (Å²) < 4.78 is 6.56. The molecule has 8 nitrogen and oxygen atoms in total. The van der Waals surface area contributed by atoms with E-state index < -0.39 is 35.1 Å². The maximum Gasteiger partial charge on any atom is 0.249 e. The first kappa shape index (κ1) is 23.0. The highest BCUT2D eigenvalue weighted by atomic mass is 16.5. The van der Waals surface area contributed by atoms with Crippen LogP contribution in [0.2, 0.25) is 0 Å². The largest absolute Gasteiger partial charge is 0.396 e. The summed E-state index contributed by atoms with van der Waals surface area (Å²) in [5.41, 5.74) is -1.62. The Morgan fingerprint density at radius 2 is 1.84 bits per heavy atom. The van der Waals surface area contributed by atoms with Gasteiger partial charge >= 0.3 is 0 Å². The third-order valence-corrected chi connectivity index (χ3v) is 7.10. The first-order valence-electron chi connectivity index (χ1n) is 11.7. The van der Waals surface area contributed by atoms with Gasteiger partial charge in [0.05, 0.1) is 17.9 Å². The lowest BCUT2D eigenvalue weighted by Gasteiger charge is -2.40. The summed E-state index contributed by atoms with van der Waals surface area (Å²) in [5.74, 6) is -1.91. The second-order valence-corrected chi connectivity index (χ2v) is 10.2. The maximum atomic E-state index is 13.9. The zero-order chi connectivity index (χ0) is 23.3. The molecule has 0 aromatic heterocycles. The van der Waals surface area contributed by atoms with Crippen molar-refractivity contribution in [3.63, 3.8) is 0 Å². The van der Waals surface area contributed by atoms with Gasteiger partial charge in [0, 0.05) is 38.3 Å². The fraction of sp³-hybridized carbons (Fsp3) is 0.708. The predicted molar refractivity (Wildman–Crippen MR) is 118 cm³/mol. The van der Waals surface area contributed by atoms with Gasteiger partial charge in [-0.3, -0.25) is 14.4 Å². The average Bonchev–Trinajstić information content (AvgIpc) is 3.03. The summed E-state index contributed by atoms with van der Waals surface area (Å²) in [6, 6.07) is -0.850. The topological polar surface area (TPSA) is 90.4 Å². The Bertz CT molecular complexity index is 847. The van der Waals surface area contributed by atoms with Crippen LogP contribution in [-0.4, -0.2) is 93.6 Å². The number of rotatable bonds is 5. The normalized spacial score (nSPS) is 34.5. The molecule has 2 fully saturated rings. The second kappa shape index (κ2) is 8.30. The molecule has 4 aliphatic rings. The fourth-order valence-electron chi connectivity index (χ4n) is 5.74. The predicted octanol–water partition coefficient (Wildman–Crippen LogP) is 0.955. The molecule has 0 aromatic carbocycles. The van der Waals surface area contributed by atoms with Crippen molar-refractivity contribution in [2.75, 3.05) is 32.8 Å². The highest BCUT2D eigenvalue weighted by Gasteiger charge is 2.71. The number of ether oxygens (including phenoxy) is 1. The van der Waals surface area contributed by atoms with E-state index in [-0.39, 0.29) is 30.9 Å². The van der Waals surface area contributed by atoms with Crippen LogP contribution in [0.15, 0.2) is 24.3 Å². The molecule has 176 valence electrons. The van der Waals surface area contributed by atoms with Gasteiger partial charge in [-0.2, -0.15) is 0 Å². The first-order valence-corrected chi connectivity index (χ1v) is 11.7. The minimum atomic E-state index is -1.19. The highest BCUT2D eigenvalue weighted by molar-refractivity contribution is 6.00.